The number of phenolic OH excluding ortho intramolecular Hbond substituents is 1. The zero-order valence-electron chi connectivity index (χ0n) is 13.4. The summed E-state index contributed by atoms with van der Waals surface area (Å²) in [4.78, 5) is 22.3. The standard InChI is InChI=1S/C16H15N3O6/c1-24-11-7-10(15(20)13(8-11)19(22)23)9-17-18-16(21)12-5-3-4-6-14(12)25-2/h3-9,20H,1-2H3,(H,18,21)/b17-9+. The number of ether oxygens (including phenoxy) is 2. The lowest BCUT2D eigenvalue weighted by Crippen LogP contribution is -2.18. The predicted molar refractivity (Wildman–Crippen MR) is 89.4 cm³/mol. The lowest BCUT2D eigenvalue weighted by atomic mass is 10.1. The third kappa shape index (κ3) is 4.02. The number of para-hydroxylation sites is 1. The molecule has 0 saturated carbocycles. The molecule has 0 spiro atoms. The van der Waals surface area contributed by atoms with Gasteiger partial charge in [0.1, 0.15) is 11.5 Å². The van der Waals surface area contributed by atoms with Crippen LogP contribution in [0.1, 0.15) is 15.9 Å². The van der Waals surface area contributed by atoms with Crippen molar-refractivity contribution in [3.05, 3.63) is 57.6 Å². The van der Waals surface area contributed by atoms with Gasteiger partial charge < -0.3 is 14.6 Å². The second kappa shape index (κ2) is 7.77. The molecule has 2 aromatic rings. The van der Waals surface area contributed by atoms with Crippen molar-refractivity contribution < 1.29 is 24.3 Å². The van der Waals surface area contributed by atoms with Crippen LogP contribution in [0.2, 0.25) is 0 Å². The third-order valence-corrected chi connectivity index (χ3v) is 3.25. The van der Waals surface area contributed by atoms with Gasteiger partial charge in [0.05, 0.1) is 37.0 Å². The van der Waals surface area contributed by atoms with Crippen molar-refractivity contribution in [2.24, 2.45) is 5.10 Å². The van der Waals surface area contributed by atoms with Crippen LogP contribution in [0.5, 0.6) is 17.2 Å². The maximum absolute atomic E-state index is 12.1. The summed E-state index contributed by atoms with van der Waals surface area (Å²) in [5.74, 6) is -0.580. The highest BCUT2D eigenvalue weighted by atomic mass is 16.6. The molecule has 2 N–H and O–H groups in total. The molecular formula is C16H15N3O6. The van der Waals surface area contributed by atoms with Gasteiger partial charge >= 0.3 is 5.69 Å². The Labute approximate surface area is 142 Å². The normalized spacial score (nSPS) is 10.5. The summed E-state index contributed by atoms with van der Waals surface area (Å²) < 4.78 is 10.0. The highest BCUT2D eigenvalue weighted by molar-refractivity contribution is 5.97. The minimum Gasteiger partial charge on any atom is -0.502 e. The maximum atomic E-state index is 12.1. The number of aromatic hydroxyl groups is 1. The van der Waals surface area contributed by atoms with Crippen LogP contribution in [0.15, 0.2) is 41.5 Å². The van der Waals surface area contributed by atoms with E-state index in [1.165, 1.54) is 20.3 Å². The van der Waals surface area contributed by atoms with Gasteiger partial charge in [0.15, 0.2) is 0 Å². The van der Waals surface area contributed by atoms with E-state index in [-0.39, 0.29) is 16.9 Å². The van der Waals surface area contributed by atoms with Crippen molar-refractivity contribution >= 4 is 17.8 Å². The van der Waals surface area contributed by atoms with Crippen molar-refractivity contribution in [3.63, 3.8) is 0 Å². The van der Waals surface area contributed by atoms with Crippen LogP contribution in [0.4, 0.5) is 5.69 Å². The predicted octanol–water partition coefficient (Wildman–Crippen LogP) is 2.08. The fourth-order valence-electron chi connectivity index (χ4n) is 2.02. The van der Waals surface area contributed by atoms with Crippen LogP contribution < -0.4 is 14.9 Å². The quantitative estimate of drug-likeness (QED) is 0.469. The minimum atomic E-state index is -0.747. The number of nitrogens with one attached hydrogen (secondary N) is 1. The van der Waals surface area contributed by atoms with Crippen LogP contribution in [0.3, 0.4) is 0 Å². The molecular weight excluding hydrogens is 330 g/mol. The lowest BCUT2D eigenvalue weighted by molar-refractivity contribution is -0.385. The van der Waals surface area contributed by atoms with Gasteiger partial charge in [-0.2, -0.15) is 5.10 Å². The Morgan fingerprint density at radius 3 is 2.64 bits per heavy atom. The molecule has 0 saturated heterocycles. The summed E-state index contributed by atoms with van der Waals surface area (Å²) in [6.45, 7) is 0. The van der Waals surface area contributed by atoms with E-state index >= 15 is 0 Å². The molecule has 9 nitrogen and oxygen atoms in total. The highest BCUT2D eigenvalue weighted by Gasteiger charge is 2.19. The van der Waals surface area contributed by atoms with Crippen LogP contribution in [-0.2, 0) is 0 Å². The Morgan fingerprint density at radius 1 is 1.28 bits per heavy atom. The monoisotopic (exact) mass is 345 g/mol. The van der Waals surface area contributed by atoms with Gasteiger partial charge in [-0.1, -0.05) is 12.1 Å². The number of rotatable bonds is 6. The molecule has 0 unspecified atom stereocenters. The molecule has 2 rings (SSSR count). The van der Waals surface area contributed by atoms with Gasteiger partial charge in [0.2, 0.25) is 5.75 Å². The third-order valence-electron chi connectivity index (χ3n) is 3.25. The van der Waals surface area contributed by atoms with Crippen LogP contribution >= 0.6 is 0 Å². The second-order valence-electron chi connectivity index (χ2n) is 4.74. The minimum absolute atomic E-state index is 0.0198. The Kier molecular flexibility index (Phi) is 5.51. The molecule has 130 valence electrons. The number of carbonyl (C=O) groups excluding carboxylic acids is 1. The molecule has 0 heterocycles. The van der Waals surface area contributed by atoms with E-state index in [4.69, 9.17) is 9.47 Å². The van der Waals surface area contributed by atoms with Gasteiger partial charge in [0, 0.05) is 5.56 Å². The second-order valence-corrected chi connectivity index (χ2v) is 4.74. The topological polar surface area (TPSA) is 123 Å². The number of carbonyl (C=O) groups is 1. The lowest BCUT2D eigenvalue weighted by Gasteiger charge is -2.06. The maximum Gasteiger partial charge on any atom is 0.315 e. The first-order valence-corrected chi connectivity index (χ1v) is 6.99. The molecule has 0 bridgehead atoms. The van der Waals surface area contributed by atoms with Gasteiger partial charge in [-0.15, -0.1) is 0 Å². The Hall–Kier alpha value is -3.62. The molecule has 0 aromatic heterocycles. The first kappa shape index (κ1) is 17.7. The number of hydrogen-bond donors (Lipinski definition) is 2. The van der Waals surface area contributed by atoms with Crippen molar-refractivity contribution in [2.45, 2.75) is 0 Å². The number of nitrogens with zero attached hydrogens (tertiary/aromatic N) is 2. The number of phenols is 1. The molecule has 0 aliphatic carbocycles. The summed E-state index contributed by atoms with van der Waals surface area (Å²) in [6, 6.07) is 8.99. The molecule has 0 aliphatic heterocycles. The van der Waals surface area contributed by atoms with Crippen molar-refractivity contribution in [1.29, 1.82) is 0 Å². The summed E-state index contributed by atoms with van der Waals surface area (Å²) >= 11 is 0. The number of nitro benzene ring substituents is 1. The highest BCUT2D eigenvalue weighted by Crippen LogP contribution is 2.33. The van der Waals surface area contributed by atoms with Crippen LogP contribution in [0.25, 0.3) is 0 Å². The fraction of sp³-hybridized carbons (Fsp3) is 0.125. The smallest absolute Gasteiger partial charge is 0.315 e. The number of hydrazone groups is 1. The van der Waals surface area contributed by atoms with Gasteiger partial charge in [-0.05, 0) is 18.2 Å². The molecule has 9 heteroatoms. The van der Waals surface area contributed by atoms with Gasteiger partial charge in [0.25, 0.3) is 5.91 Å². The zero-order chi connectivity index (χ0) is 18.4. The summed E-state index contributed by atoms with van der Waals surface area (Å²) in [5.41, 5.74) is 2.02. The van der Waals surface area contributed by atoms with E-state index in [9.17, 15) is 20.0 Å². The molecule has 0 radical (unpaired) electrons. The summed E-state index contributed by atoms with van der Waals surface area (Å²) in [5, 5.41) is 24.6. The van der Waals surface area contributed by atoms with Crippen molar-refractivity contribution in [3.8, 4) is 17.2 Å². The number of amides is 1. The fourth-order valence-corrected chi connectivity index (χ4v) is 2.02. The van der Waals surface area contributed by atoms with E-state index in [1.807, 2.05) is 0 Å². The number of benzene rings is 2. The molecule has 0 atom stereocenters. The summed E-state index contributed by atoms with van der Waals surface area (Å²) in [7, 11) is 2.77. The van der Waals surface area contributed by atoms with E-state index in [2.05, 4.69) is 10.5 Å². The van der Waals surface area contributed by atoms with E-state index in [1.54, 1.807) is 24.3 Å². The molecule has 0 fully saturated rings. The van der Waals surface area contributed by atoms with Crippen molar-refractivity contribution in [2.75, 3.05) is 14.2 Å². The molecule has 25 heavy (non-hydrogen) atoms. The van der Waals surface area contributed by atoms with Crippen molar-refractivity contribution in [1.82, 2.24) is 5.43 Å². The van der Waals surface area contributed by atoms with Gasteiger partial charge in [-0.25, -0.2) is 5.43 Å². The Balaban J connectivity index is 2.23. The summed E-state index contributed by atoms with van der Waals surface area (Å²) in [6.07, 6.45) is 1.08. The van der Waals surface area contributed by atoms with E-state index in [0.29, 0.717) is 5.75 Å². The average molecular weight is 345 g/mol. The first-order valence-electron chi connectivity index (χ1n) is 6.99. The van der Waals surface area contributed by atoms with Crippen LogP contribution in [-0.4, -0.2) is 36.4 Å². The molecule has 2 aromatic carbocycles. The number of hydrogen-bond acceptors (Lipinski definition) is 7. The zero-order valence-corrected chi connectivity index (χ0v) is 13.4. The number of nitro groups is 1. The Morgan fingerprint density at radius 2 is 2.00 bits per heavy atom. The molecule has 1 amide bonds. The first-order chi connectivity index (χ1) is 12.0. The largest absolute Gasteiger partial charge is 0.502 e. The van der Waals surface area contributed by atoms with E-state index in [0.717, 1.165) is 12.3 Å². The SMILES string of the molecule is COc1cc(/C=N/NC(=O)c2ccccc2OC)c(O)c([N+](=O)[O-])c1. The molecule has 0 aliphatic rings. The Bertz CT molecular complexity index is 835. The average Bonchev–Trinajstić information content (AvgIpc) is 2.62. The van der Waals surface area contributed by atoms with Gasteiger partial charge in [-0.3, -0.25) is 14.9 Å². The van der Waals surface area contributed by atoms with E-state index < -0.39 is 22.3 Å². The number of methoxy groups -OCH3 is 2. The van der Waals surface area contributed by atoms with Crippen LogP contribution in [0, 0.1) is 10.1 Å².